The molecule has 18 heavy (non-hydrogen) atoms. The van der Waals surface area contributed by atoms with Crippen molar-refractivity contribution in [3.8, 4) is 0 Å². The van der Waals surface area contributed by atoms with Gasteiger partial charge in [-0.25, -0.2) is 0 Å². The maximum absolute atomic E-state index is 11.3. The second kappa shape index (κ2) is 5.14. The van der Waals surface area contributed by atoms with Gasteiger partial charge in [-0.05, 0) is 42.6 Å². The number of hydrogen-bond donors (Lipinski definition) is 3. The predicted octanol–water partition coefficient (Wildman–Crippen LogP) is 2.06. The van der Waals surface area contributed by atoms with Gasteiger partial charge in [0.1, 0.15) is 10.6 Å². The van der Waals surface area contributed by atoms with E-state index in [0.29, 0.717) is 22.5 Å². The minimum Gasteiger partial charge on any atom is -0.382 e. The number of nitrogens with zero attached hydrogens (tertiary/aromatic N) is 1. The predicted molar refractivity (Wildman–Crippen MR) is 74.6 cm³/mol. The SMILES string of the molecule is CC1CCC(Nc2snc(N)c2C(N)=O)C(C)C1. The molecule has 1 heterocycles. The summed E-state index contributed by atoms with van der Waals surface area (Å²) >= 11 is 1.21. The number of anilines is 2. The Hall–Kier alpha value is -1.30. The van der Waals surface area contributed by atoms with Crippen LogP contribution in [-0.2, 0) is 0 Å². The van der Waals surface area contributed by atoms with Gasteiger partial charge >= 0.3 is 0 Å². The summed E-state index contributed by atoms with van der Waals surface area (Å²) in [4.78, 5) is 11.3. The van der Waals surface area contributed by atoms with E-state index in [1.165, 1.54) is 24.4 Å². The Balaban J connectivity index is 2.12. The standard InChI is InChI=1S/C12H20N4OS/c1-6-3-4-8(7(2)5-6)15-12-9(11(14)17)10(13)16-18-12/h6-8,15H,3-5H2,1-2H3,(H2,13,16)(H2,14,17). The lowest BCUT2D eigenvalue weighted by molar-refractivity contribution is 0.100. The van der Waals surface area contributed by atoms with E-state index in [1.807, 2.05) is 0 Å². The summed E-state index contributed by atoms with van der Waals surface area (Å²) in [6.45, 7) is 4.52. The molecule has 3 unspecified atom stereocenters. The van der Waals surface area contributed by atoms with Gasteiger partial charge in [-0.2, -0.15) is 4.37 Å². The van der Waals surface area contributed by atoms with Crippen LogP contribution < -0.4 is 16.8 Å². The van der Waals surface area contributed by atoms with E-state index in [-0.39, 0.29) is 5.82 Å². The van der Waals surface area contributed by atoms with E-state index in [0.717, 1.165) is 12.3 Å². The van der Waals surface area contributed by atoms with Gasteiger partial charge in [-0.3, -0.25) is 4.79 Å². The average Bonchev–Trinajstić information content (AvgIpc) is 2.64. The first-order chi connectivity index (χ1) is 8.49. The molecule has 1 aromatic heterocycles. The van der Waals surface area contributed by atoms with Gasteiger partial charge in [0.05, 0.1) is 0 Å². The molecule has 5 nitrogen and oxygen atoms in total. The molecule has 0 bridgehead atoms. The molecule has 5 N–H and O–H groups in total. The number of hydrogen-bond acceptors (Lipinski definition) is 5. The lowest BCUT2D eigenvalue weighted by atomic mass is 9.80. The summed E-state index contributed by atoms with van der Waals surface area (Å²) in [5.41, 5.74) is 11.3. The first kappa shape index (κ1) is 13.1. The molecule has 1 saturated carbocycles. The largest absolute Gasteiger partial charge is 0.382 e. The smallest absolute Gasteiger partial charge is 0.255 e. The van der Waals surface area contributed by atoms with E-state index in [1.54, 1.807) is 0 Å². The van der Waals surface area contributed by atoms with Crippen LogP contribution in [-0.4, -0.2) is 16.3 Å². The Morgan fingerprint density at radius 3 is 2.78 bits per heavy atom. The van der Waals surface area contributed by atoms with Crippen LogP contribution in [0, 0.1) is 11.8 Å². The van der Waals surface area contributed by atoms with Crippen LogP contribution in [0.25, 0.3) is 0 Å². The summed E-state index contributed by atoms with van der Waals surface area (Å²) in [5, 5.41) is 4.11. The molecular formula is C12H20N4OS. The van der Waals surface area contributed by atoms with Crippen molar-refractivity contribution in [2.45, 2.75) is 39.2 Å². The zero-order valence-electron chi connectivity index (χ0n) is 10.8. The zero-order chi connectivity index (χ0) is 13.3. The Morgan fingerprint density at radius 1 is 1.44 bits per heavy atom. The van der Waals surface area contributed by atoms with Crippen LogP contribution in [0.1, 0.15) is 43.5 Å². The number of aromatic nitrogens is 1. The summed E-state index contributed by atoms with van der Waals surface area (Å²) in [7, 11) is 0. The molecule has 1 aliphatic rings. The second-order valence-corrected chi connectivity index (χ2v) is 6.06. The molecule has 1 amide bonds. The number of rotatable bonds is 3. The fourth-order valence-electron chi connectivity index (χ4n) is 2.69. The van der Waals surface area contributed by atoms with Gasteiger partial charge in [-0.1, -0.05) is 13.8 Å². The highest BCUT2D eigenvalue weighted by atomic mass is 32.1. The summed E-state index contributed by atoms with van der Waals surface area (Å²) in [5.74, 6) is 1.07. The van der Waals surface area contributed by atoms with E-state index in [4.69, 9.17) is 11.5 Å². The molecule has 1 aromatic rings. The lowest BCUT2D eigenvalue weighted by Crippen LogP contribution is -2.33. The van der Waals surface area contributed by atoms with Crippen LogP contribution in [0.5, 0.6) is 0 Å². The summed E-state index contributed by atoms with van der Waals surface area (Å²) in [6, 6.07) is 0.374. The minimum atomic E-state index is -0.513. The van der Waals surface area contributed by atoms with Crippen LogP contribution in [0.2, 0.25) is 0 Å². The Morgan fingerprint density at radius 2 is 2.17 bits per heavy atom. The number of nitrogen functional groups attached to an aromatic ring is 1. The number of carbonyl (C=O) groups excluding carboxylic acids is 1. The van der Waals surface area contributed by atoms with Crippen molar-refractivity contribution >= 4 is 28.3 Å². The third-order valence-electron chi connectivity index (χ3n) is 3.71. The molecule has 0 radical (unpaired) electrons. The topological polar surface area (TPSA) is 94.0 Å². The van der Waals surface area contributed by atoms with Gasteiger partial charge in [0.15, 0.2) is 5.82 Å². The van der Waals surface area contributed by atoms with Crippen LogP contribution in [0.15, 0.2) is 0 Å². The van der Waals surface area contributed by atoms with E-state index in [2.05, 4.69) is 23.5 Å². The second-order valence-electron chi connectivity index (χ2n) is 5.28. The summed E-state index contributed by atoms with van der Waals surface area (Å²) in [6.07, 6.45) is 3.53. The molecule has 100 valence electrons. The maximum Gasteiger partial charge on any atom is 0.255 e. The van der Waals surface area contributed by atoms with Crippen LogP contribution in [0.3, 0.4) is 0 Å². The zero-order valence-corrected chi connectivity index (χ0v) is 11.6. The van der Waals surface area contributed by atoms with E-state index in [9.17, 15) is 4.79 Å². The van der Waals surface area contributed by atoms with Crippen molar-refractivity contribution in [2.75, 3.05) is 11.1 Å². The molecule has 0 aliphatic heterocycles. The molecule has 0 aromatic carbocycles. The van der Waals surface area contributed by atoms with Gasteiger partial charge in [0.25, 0.3) is 5.91 Å². The van der Waals surface area contributed by atoms with Crippen molar-refractivity contribution in [2.24, 2.45) is 17.6 Å². The van der Waals surface area contributed by atoms with Crippen molar-refractivity contribution < 1.29 is 4.79 Å². The fraction of sp³-hybridized carbons (Fsp3) is 0.667. The van der Waals surface area contributed by atoms with Gasteiger partial charge in [0, 0.05) is 6.04 Å². The molecule has 0 saturated heterocycles. The highest BCUT2D eigenvalue weighted by Crippen LogP contribution is 2.34. The molecular weight excluding hydrogens is 248 g/mol. The first-order valence-electron chi connectivity index (χ1n) is 6.30. The van der Waals surface area contributed by atoms with Crippen molar-refractivity contribution in [3.63, 3.8) is 0 Å². The fourth-order valence-corrected chi connectivity index (χ4v) is 3.47. The monoisotopic (exact) mass is 268 g/mol. The quantitative estimate of drug-likeness (QED) is 0.782. The highest BCUT2D eigenvalue weighted by Gasteiger charge is 2.27. The Bertz CT molecular complexity index is 445. The average molecular weight is 268 g/mol. The molecule has 1 fully saturated rings. The Labute approximate surface area is 111 Å². The van der Waals surface area contributed by atoms with Gasteiger partial charge < -0.3 is 16.8 Å². The number of primary amides is 1. The number of nitrogens with two attached hydrogens (primary N) is 2. The normalized spacial score (nSPS) is 28.0. The highest BCUT2D eigenvalue weighted by molar-refractivity contribution is 7.11. The summed E-state index contributed by atoms with van der Waals surface area (Å²) < 4.78 is 4.00. The number of amides is 1. The molecule has 3 atom stereocenters. The molecule has 2 rings (SSSR count). The first-order valence-corrected chi connectivity index (χ1v) is 7.07. The third kappa shape index (κ3) is 2.58. The van der Waals surface area contributed by atoms with Crippen LogP contribution >= 0.6 is 11.5 Å². The third-order valence-corrected chi connectivity index (χ3v) is 4.51. The molecule has 6 heteroatoms. The van der Waals surface area contributed by atoms with Crippen molar-refractivity contribution in [1.82, 2.24) is 4.37 Å². The van der Waals surface area contributed by atoms with E-state index >= 15 is 0 Å². The number of carbonyl (C=O) groups is 1. The number of nitrogens with one attached hydrogen (secondary N) is 1. The van der Waals surface area contributed by atoms with Crippen molar-refractivity contribution in [1.29, 1.82) is 0 Å². The van der Waals surface area contributed by atoms with Crippen LogP contribution in [0.4, 0.5) is 10.8 Å². The molecule has 0 spiro atoms. The minimum absolute atomic E-state index is 0.229. The van der Waals surface area contributed by atoms with E-state index < -0.39 is 5.91 Å². The maximum atomic E-state index is 11.3. The van der Waals surface area contributed by atoms with Gasteiger partial charge in [0.2, 0.25) is 0 Å². The molecule has 1 aliphatic carbocycles. The lowest BCUT2D eigenvalue weighted by Gasteiger charge is -2.33. The Kier molecular flexibility index (Phi) is 3.75. The van der Waals surface area contributed by atoms with Gasteiger partial charge in [-0.15, -0.1) is 0 Å². The van der Waals surface area contributed by atoms with Crippen molar-refractivity contribution in [3.05, 3.63) is 5.56 Å².